The Hall–Kier alpha value is -3.22. The molecule has 0 radical (unpaired) electrons. The van der Waals surface area contributed by atoms with Gasteiger partial charge in [-0.1, -0.05) is 50.6 Å². The fourth-order valence-electron chi connectivity index (χ4n) is 3.85. The summed E-state index contributed by atoms with van der Waals surface area (Å²) in [5, 5.41) is 0. The molecule has 33 heavy (non-hydrogen) atoms. The molecule has 178 valence electrons. The molecular weight excluding hydrogens is 422 g/mol. The number of ether oxygens (including phenoxy) is 3. The third kappa shape index (κ3) is 6.88. The average Bonchev–Trinajstić information content (AvgIpc) is 2.74. The number of pyridine rings is 1. The molecule has 0 aliphatic rings. The number of ketones is 1. The van der Waals surface area contributed by atoms with E-state index in [0.717, 1.165) is 11.1 Å². The average molecular weight is 456 g/mol. The lowest BCUT2D eigenvalue weighted by Gasteiger charge is -2.28. The van der Waals surface area contributed by atoms with E-state index in [2.05, 4.69) is 31.0 Å². The predicted octanol–water partition coefficient (Wildman–Crippen LogP) is 4.90. The summed E-state index contributed by atoms with van der Waals surface area (Å²) in [7, 11) is 1.40. The second kappa shape index (κ2) is 11.6. The number of methoxy groups -OCH3 is 1. The number of aryl methyl sites for hydroxylation is 1. The molecule has 0 aliphatic carbocycles. The number of esters is 2. The number of carbonyl (C=O) groups is 3. The van der Waals surface area contributed by atoms with Crippen LogP contribution in [0, 0.1) is 18.8 Å². The number of nitrogens with zero attached hydrogens (tertiary/aromatic N) is 1. The molecule has 0 unspecified atom stereocenters. The Balaban J connectivity index is 2.13. The summed E-state index contributed by atoms with van der Waals surface area (Å²) >= 11 is 0. The van der Waals surface area contributed by atoms with Crippen molar-refractivity contribution in [2.45, 2.75) is 60.0 Å². The maximum Gasteiger partial charge on any atom is 0.309 e. The maximum atomic E-state index is 12.9. The molecule has 1 aromatic carbocycles. The van der Waals surface area contributed by atoms with E-state index in [1.54, 1.807) is 6.92 Å². The highest BCUT2D eigenvalue weighted by atomic mass is 16.6. The van der Waals surface area contributed by atoms with Crippen molar-refractivity contribution in [2.24, 2.45) is 11.8 Å². The number of hydrogen-bond donors (Lipinski definition) is 0. The molecule has 0 bridgehead atoms. The van der Waals surface area contributed by atoms with E-state index >= 15 is 0 Å². The maximum absolute atomic E-state index is 12.9. The minimum absolute atomic E-state index is 0.0214. The SMILES string of the molecule is COc1ccnc(C(=O)C[C@@H](C)C(=O)O[C@@H](C)[C@H](c2ccc(C)cc2)C(C)C)c1OC(C)=O. The molecule has 1 aromatic heterocycles. The van der Waals surface area contributed by atoms with E-state index in [9.17, 15) is 14.4 Å². The molecule has 7 nitrogen and oxygen atoms in total. The van der Waals surface area contributed by atoms with Gasteiger partial charge in [-0.3, -0.25) is 14.4 Å². The summed E-state index contributed by atoms with van der Waals surface area (Å²) in [4.78, 5) is 41.2. The van der Waals surface area contributed by atoms with Crippen LogP contribution < -0.4 is 9.47 Å². The first kappa shape index (κ1) is 26.0. The van der Waals surface area contributed by atoms with Gasteiger partial charge in [-0.25, -0.2) is 4.98 Å². The summed E-state index contributed by atoms with van der Waals surface area (Å²) in [6, 6.07) is 9.70. The molecule has 7 heteroatoms. The smallest absolute Gasteiger partial charge is 0.309 e. The first-order valence-electron chi connectivity index (χ1n) is 11.1. The summed E-state index contributed by atoms with van der Waals surface area (Å²) in [5.74, 6) is -1.79. The normalized spacial score (nSPS) is 13.7. The number of Topliss-reactive ketones (excluding diaryl/α,β-unsaturated/α-hetero) is 1. The van der Waals surface area contributed by atoms with Crippen LogP contribution in [0.1, 0.15) is 68.6 Å². The van der Waals surface area contributed by atoms with E-state index in [4.69, 9.17) is 14.2 Å². The van der Waals surface area contributed by atoms with Crippen LogP contribution in [0.3, 0.4) is 0 Å². The van der Waals surface area contributed by atoms with Crippen LogP contribution in [0.25, 0.3) is 0 Å². The van der Waals surface area contributed by atoms with Crippen molar-refractivity contribution in [1.82, 2.24) is 4.98 Å². The predicted molar refractivity (Wildman–Crippen MR) is 125 cm³/mol. The van der Waals surface area contributed by atoms with Crippen LogP contribution in [-0.2, 0) is 14.3 Å². The highest BCUT2D eigenvalue weighted by molar-refractivity contribution is 5.99. The molecule has 2 aromatic rings. The monoisotopic (exact) mass is 455 g/mol. The lowest BCUT2D eigenvalue weighted by atomic mass is 9.84. The van der Waals surface area contributed by atoms with Crippen LogP contribution in [0.4, 0.5) is 0 Å². The van der Waals surface area contributed by atoms with Gasteiger partial charge < -0.3 is 14.2 Å². The molecule has 0 amide bonds. The fourth-order valence-corrected chi connectivity index (χ4v) is 3.85. The van der Waals surface area contributed by atoms with Crippen LogP contribution in [0.15, 0.2) is 36.5 Å². The van der Waals surface area contributed by atoms with Crippen molar-refractivity contribution in [1.29, 1.82) is 0 Å². The zero-order chi connectivity index (χ0) is 24.7. The number of benzene rings is 1. The Morgan fingerprint density at radius 1 is 1.00 bits per heavy atom. The van der Waals surface area contributed by atoms with Crippen molar-refractivity contribution in [3.05, 3.63) is 53.3 Å². The Labute approximate surface area is 195 Å². The molecule has 3 atom stereocenters. The zero-order valence-electron chi connectivity index (χ0n) is 20.4. The lowest BCUT2D eigenvalue weighted by molar-refractivity contribution is -0.154. The van der Waals surface area contributed by atoms with Crippen molar-refractivity contribution in [3.63, 3.8) is 0 Å². The first-order chi connectivity index (χ1) is 15.5. The molecular formula is C26H33NO6. The van der Waals surface area contributed by atoms with E-state index in [1.807, 2.05) is 26.0 Å². The standard InChI is InChI=1S/C26H33NO6/c1-15(2)23(20-10-8-16(3)9-11-20)18(5)32-26(30)17(4)14-21(29)24-25(33-19(6)28)22(31-7)12-13-27-24/h8-13,15,17-18,23H,14H2,1-7H3/t17-,18+,23-/m1/s1. The minimum atomic E-state index is -0.705. The first-order valence-corrected chi connectivity index (χ1v) is 11.1. The molecule has 0 fully saturated rings. The minimum Gasteiger partial charge on any atom is -0.493 e. The van der Waals surface area contributed by atoms with Crippen LogP contribution in [0.2, 0.25) is 0 Å². The summed E-state index contributed by atoms with van der Waals surface area (Å²) in [6.07, 6.45) is 0.875. The van der Waals surface area contributed by atoms with E-state index in [0.29, 0.717) is 0 Å². The van der Waals surface area contributed by atoms with Crippen LogP contribution in [0.5, 0.6) is 11.5 Å². The van der Waals surface area contributed by atoms with Crippen molar-refractivity contribution >= 4 is 17.7 Å². The molecule has 1 heterocycles. The highest BCUT2D eigenvalue weighted by Gasteiger charge is 2.30. The summed E-state index contributed by atoms with van der Waals surface area (Å²) in [5.41, 5.74) is 2.21. The van der Waals surface area contributed by atoms with Gasteiger partial charge in [0.25, 0.3) is 0 Å². The van der Waals surface area contributed by atoms with Gasteiger partial charge in [-0.05, 0) is 25.3 Å². The van der Waals surface area contributed by atoms with Gasteiger partial charge in [0.05, 0.1) is 13.0 Å². The van der Waals surface area contributed by atoms with Gasteiger partial charge in [0.2, 0.25) is 5.75 Å². The van der Waals surface area contributed by atoms with Gasteiger partial charge in [0.15, 0.2) is 17.2 Å². The molecule has 0 aliphatic heterocycles. The van der Waals surface area contributed by atoms with Crippen LogP contribution in [-0.4, -0.2) is 35.9 Å². The van der Waals surface area contributed by atoms with E-state index in [1.165, 1.54) is 26.3 Å². The molecule has 2 rings (SSSR count). The van der Waals surface area contributed by atoms with Gasteiger partial charge in [-0.15, -0.1) is 0 Å². The summed E-state index contributed by atoms with van der Waals surface area (Å²) in [6.45, 7) is 10.9. The molecule has 0 spiro atoms. The van der Waals surface area contributed by atoms with Crippen molar-refractivity contribution in [3.8, 4) is 11.5 Å². The molecule has 0 N–H and O–H groups in total. The van der Waals surface area contributed by atoms with Gasteiger partial charge in [0.1, 0.15) is 6.10 Å². The van der Waals surface area contributed by atoms with E-state index < -0.39 is 23.6 Å². The fraction of sp³-hybridized carbons (Fsp3) is 0.462. The van der Waals surface area contributed by atoms with Gasteiger partial charge in [0, 0.05) is 31.5 Å². The Morgan fingerprint density at radius 2 is 1.64 bits per heavy atom. The topological polar surface area (TPSA) is 91.8 Å². The van der Waals surface area contributed by atoms with E-state index in [-0.39, 0.29) is 41.6 Å². The Morgan fingerprint density at radius 3 is 2.18 bits per heavy atom. The Bertz CT molecular complexity index is 983. The Kier molecular flexibility index (Phi) is 9.14. The van der Waals surface area contributed by atoms with Crippen molar-refractivity contribution in [2.75, 3.05) is 7.11 Å². The highest BCUT2D eigenvalue weighted by Crippen LogP contribution is 2.32. The zero-order valence-corrected chi connectivity index (χ0v) is 20.4. The third-order valence-corrected chi connectivity index (χ3v) is 5.48. The molecule has 0 saturated heterocycles. The van der Waals surface area contributed by atoms with Crippen molar-refractivity contribution < 1.29 is 28.6 Å². The largest absolute Gasteiger partial charge is 0.493 e. The second-order valence-corrected chi connectivity index (χ2v) is 8.64. The van der Waals surface area contributed by atoms with Crippen LogP contribution >= 0.6 is 0 Å². The summed E-state index contributed by atoms with van der Waals surface area (Å²) < 4.78 is 16.1. The van der Waals surface area contributed by atoms with Gasteiger partial charge >= 0.3 is 11.9 Å². The number of rotatable bonds is 10. The number of aromatic nitrogens is 1. The third-order valence-electron chi connectivity index (χ3n) is 5.48. The van der Waals surface area contributed by atoms with Gasteiger partial charge in [-0.2, -0.15) is 0 Å². The number of carbonyl (C=O) groups excluding carboxylic acids is 3. The molecule has 0 saturated carbocycles. The lowest BCUT2D eigenvalue weighted by Crippen LogP contribution is -2.29. The number of hydrogen-bond acceptors (Lipinski definition) is 7. The quantitative estimate of drug-likeness (QED) is 0.371. The second-order valence-electron chi connectivity index (χ2n) is 8.64.